The molecule has 0 aliphatic carbocycles. The largest absolute Gasteiger partial charge is 0.278 e. The third-order valence-corrected chi connectivity index (χ3v) is 3.71. The molecule has 0 atom stereocenters. The van der Waals surface area contributed by atoms with Crippen molar-refractivity contribution in [2.75, 3.05) is 0 Å². The van der Waals surface area contributed by atoms with Crippen molar-refractivity contribution in [1.82, 2.24) is 14.5 Å². The highest BCUT2D eigenvalue weighted by atomic mass is 35.5. The topological polar surface area (TPSA) is 54.5 Å². The standard InChI is InChI=1S/C15H10Cl2N4/c1-9-2-5-12-15(19-9)21(14(7-16)20-12)13-6-10(8-18)3-4-11(13)17/h2-6H,7H2,1H3. The third kappa shape index (κ3) is 2.35. The van der Waals surface area contributed by atoms with E-state index in [-0.39, 0.29) is 5.88 Å². The molecule has 0 aliphatic heterocycles. The van der Waals surface area contributed by atoms with Crippen LogP contribution >= 0.6 is 23.2 Å². The van der Waals surface area contributed by atoms with E-state index < -0.39 is 0 Å². The van der Waals surface area contributed by atoms with Gasteiger partial charge in [-0.15, -0.1) is 11.6 Å². The van der Waals surface area contributed by atoms with Crippen molar-refractivity contribution in [2.24, 2.45) is 0 Å². The van der Waals surface area contributed by atoms with Crippen LogP contribution in [0.4, 0.5) is 0 Å². The lowest BCUT2D eigenvalue weighted by Gasteiger charge is -2.09. The van der Waals surface area contributed by atoms with E-state index >= 15 is 0 Å². The summed E-state index contributed by atoms with van der Waals surface area (Å²) in [5.41, 5.74) is 3.48. The van der Waals surface area contributed by atoms with Crippen molar-refractivity contribution < 1.29 is 0 Å². The minimum absolute atomic E-state index is 0.225. The first-order chi connectivity index (χ1) is 10.1. The highest BCUT2D eigenvalue weighted by Crippen LogP contribution is 2.27. The van der Waals surface area contributed by atoms with Crippen LogP contribution in [0.2, 0.25) is 5.02 Å². The van der Waals surface area contributed by atoms with Crippen molar-refractivity contribution in [1.29, 1.82) is 5.26 Å². The summed E-state index contributed by atoms with van der Waals surface area (Å²) in [7, 11) is 0. The number of halogens is 2. The Balaban J connectivity index is 2.38. The average molecular weight is 317 g/mol. The molecular formula is C15H10Cl2N4. The van der Waals surface area contributed by atoms with E-state index in [4.69, 9.17) is 28.5 Å². The average Bonchev–Trinajstić information content (AvgIpc) is 2.85. The van der Waals surface area contributed by atoms with Gasteiger partial charge in [0.05, 0.1) is 28.2 Å². The van der Waals surface area contributed by atoms with Gasteiger partial charge in [0.2, 0.25) is 0 Å². The second-order valence-corrected chi connectivity index (χ2v) is 5.24. The van der Waals surface area contributed by atoms with E-state index in [1.807, 2.05) is 19.1 Å². The summed E-state index contributed by atoms with van der Waals surface area (Å²) in [6.45, 7) is 1.91. The number of hydrogen-bond donors (Lipinski definition) is 0. The normalized spacial score (nSPS) is 10.8. The van der Waals surface area contributed by atoms with E-state index in [9.17, 15) is 0 Å². The molecule has 0 unspecified atom stereocenters. The number of imidazole rings is 1. The molecule has 4 nitrogen and oxygen atoms in total. The quantitative estimate of drug-likeness (QED) is 0.672. The molecule has 0 N–H and O–H groups in total. The number of rotatable bonds is 2. The zero-order chi connectivity index (χ0) is 15.0. The van der Waals surface area contributed by atoms with Gasteiger partial charge in [-0.05, 0) is 37.3 Å². The van der Waals surface area contributed by atoms with Gasteiger partial charge in [0.25, 0.3) is 0 Å². The summed E-state index contributed by atoms with van der Waals surface area (Å²) in [4.78, 5) is 8.99. The van der Waals surface area contributed by atoms with Crippen LogP contribution in [0.5, 0.6) is 0 Å². The fraction of sp³-hybridized carbons (Fsp3) is 0.133. The number of hydrogen-bond acceptors (Lipinski definition) is 3. The predicted octanol–water partition coefficient (Wildman–Crippen LogP) is 3.99. The van der Waals surface area contributed by atoms with Gasteiger partial charge in [-0.1, -0.05) is 11.6 Å². The molecule has 0 saturated heterocycles. The third-order valence-electron chi connectivity index (χ3n) is 3.15. The van der Waals surface area contributed by atoms with Crippen LogP contribution < -0.4 is 0 Å². The molecular weight excluding hydrogens is 307 g/mol. The molecule has 0 spiro atoms. The van der Waals surface area contributed by atoms with Gasteiger partial charge in [-0.2, -0.15) is 5.26 Å². The van der Waals surface area contributed by atoms with Crippen LogP contribution in [-0.2, 0) is 5.88 Å². The first-order valence-corrected chi connectivity index (χ1v) is 7.16. The zero-order valence-electron chi connectivity index (χ0n) is 11.1. The molecule has 6 heteroatoms. The molecule has 3 aromatic rings. The molecule has 0 radical (unpaired) electrons. The Morgan fingerprint density at radius 3 is 2.76 bits per heavy atom. The molecule has 2 heterocycles. The number of benzene rings is 1. The summed E-state index contributed by atoms with van der Waals surface area (Å²) < 4.78 is 1.80. The molecule has 0 saturated carbocycles. The second kappa shape index (κ2) is 5.36. The molecule has 2 aromatic heterocycles. The lowest BCUT2D eigenvalue weighted by molar-refractivity contribution is 0.966. The number of alkyl halides is 1. The van der Waals surface area contributed by atoms with Crippen LogP contribution in [-0.4, -0.2) is 14.5 Å². The summed E-state index contributed by atoms with van der Waals surface area (Å²) in [6.07, 6.45) is 0. The van der Waals surface area contributed by atoms with Crippen LogP contribution in [0, 0.1) is 18.3 Å². The molecule has 0 fully saturated rings. The van der Waals surface area contributed by atoms with Crippen molar-refractivity contribution in [2.45, 2.75) is 12.8 Å². The summed E-state index contributed by atoms with van der Waals surface area (Å²) in [5.74, 6) is 0.865. The Kier molecular flexibility index (Phi) is 3.54. The Labute approximate surface area is 131 Å². The number of pyridine rings is 1. The first-order valence-electron chi connectivity index (χ1n) is 6.25. The number of nitriles is 1. The van der Waals surface area contributed by atoms with Crippen LogP contribution in [0.15, 0.2) is 30.3 Å². The fourth-order valence-electron chi connectivity index (χ4n) is 2.20. The number of nitrogens with zero attached hydrogens (tertiary/aromatic N) is 4. The number of fused-ring (bicyclic) bond motifs is 1. The molecule has 1 aromatic carbocycles. The molecule has 0 bridgehead atoms. The molecule has 0 amide bonds. The molecule has 104 valence electrons. The molecule has 0 aliphatic rings. The van der Waals surface area contributed by atoms with Gasteiger partial charge in [0.1, 0.15) is 11.3 Å². The van der Waals surface area contributed by atoms with Crippen molar-refractivity contribution in [3.63, 3.8) is 0 Å². The highest BCUT2D eigenvalue weighted by Gasteiger charge is 2.16. The maximum absolute atomic E-state index is 9.07. The van der Waals surface area contributed by atoms with E-state index in [0.717, 1.165) is 11.2 Å². The van der Waals surface area contributed by atoms with Crippen LogP contribution in [0.25, 0.3) is 16.9 Å². The summed E-state index contributed by atoms with van der Waals surface area (Å²) in [5, 5.41) is 9.59. The second-order valence-electron chi connectivity index (χ2n) is 4.57. The van der Waals surface area contributed by atoms with E-state index in [1.54, 1.807) is 22.8 Å². The molecule has 3 rings (SSSR count). The molecule has 21 heavy (non-hydrogen) atoms. The Morgan fingerprint density at radius 1 is 1.24 bits per heavy atom. The number of aromatic nitrogens is 3. The maximum Gasteiger partial charge on any atom is 0.165 e. The van der Waals surface area contributed by atoms with Gasteiger partial charge in [0.15, 0.2) is 5.65 Å². The van der Waals surface area contributed by atoms with E-state index in [1.165, 1.54) is 0 Å². The monoisotopic (exact) mass is 316 g/mol. The maximum atomic E-state index is 9.07. The minimum atomic E-state index is 0.225. The van der Waals surface area contributed by atoms with Gasteiger partial charge < -0.3 is 0 Å². The Morgan fingerprint density at radius 2 is 2.05 bits per heavy atom. The SMILES string of the molecule is Cc1ccc2nc(CCl)n(-c3cc(C#N)ccc3Cl)c2n1. The van der Waals surface area contributed by atoms with Crippen molar-refractivity contribution in [3.05, 3.63) is 52.4 Å². The fourth-order valence-corrected chi connectivity index (χ4v) is 2.58. The van der Waals surface area contributed by atoms with E-state index in [2.05, 4.69) is 16.0 Å². The summed E-state index contributed by atoms with van der Waals surface area (Å²) in [6, 6.07) is 11.0. The highest BCUT2D eigenvalue weighted by molar-refractivity contribution is 6.32. The minimum Gasteiger partial charge on any atom is -0.278 e. The van der Waals surface area contributed by atoms with Gasteiger partial charge >= 0.3 is 0 Å². The van der Waals surface area contributed by atoms with E-state index in [0.29, 0.717) is 27.7 Å². The van der Waals surface area contributed by atoms with Crippen molar-refractivity contribution in [3.8, 4) is 11.8 Å². The Hall–Kier alpha value is -2.09. The van der Waals surface area contributed by atoms with Gasteiger partial charge in [0, 0.05) is 5.69 Å². The first kappa shape index (κ1) is 13.9. The summed E-state index contributed by atoms with van der Waals surface area (Å²) >= 11 is 12.3. The van der Waals surface area contributed by atoms with Gasteiger partial charge in [-0.25, -0.2) is 9.97 Å². The zero-order valence-corrected chi connectivity index (χ0v) is 12.7. The van der Waals surface area contributed by atoms with Crippen LogP contribution in [0.1, 0.15) is 17.1 Å². The predicted molar refractivity (Wildman–Crippen MR) is 82.9 cm³/mol. The van der Waals surface area contributed by atoms with Crippen LogP contribution in [0.3, 0.4) is 0 Å². The lowest BCUT2D eigenvalue weighted by Crippen LogP contribution is -2.02. The van der Waals surface area contributed by atoms with Gasteiger partial charge in [-0.3, -0.25) is 4.57 Å². The smallest absolute Gasteiger partial charge is 0.165 e. The Bertz CT molecular complexity index is 877. The van der Waals surface area contributed by atoms with Crippen molar-refractivity contribution >= 4 is 34.4 Å². The lowest BCUT2D eigenvalue weighted by atomic mass is 10.2. The number of aryl methyl sites for hydroxylation is 1.